The molecule has 2 amide bonds. The Kier molecular flexibility index (Phi) is 5.18. The van der Waals surface area contributed by atoms with Gasteiger partial charge in [-0.2, -0.15) is 0 Å². The van der Waals surface area contributed by atoms with Gasteiger partial charge in [0, 0.05) is 30.3 Å². The van der Waals surface area contributed by atoms with Crippen molar-refractivity contribution in [3.05, 3.63) is 23.8 Å². The molecule has 2 fully saturated rings. The van der Waals surface area contributed by atoms with E-state index in [1.54, 1.807) is 25.1 Å². The van der Waals surface area contributed by atoms with Crippen LogP contribution in [0.1, 0.15) is 24.8 Å². The van der Waals surface area contributed by atoms with E-state index >= 15 is 0 Å². The zero-order valence-corrected chi connectivity index (χ0v) is 13.6. The van der Waals surface area contributed by atoms with Crippen LogP contribution in [0.5, 0.6) is 5.75 Å². The fraction of sp³-hybridized carbons (Fsp3) is 0.588. The summed E-state index contributed by atoms with van der Waals surface area (Å²) in [6.45, 7) is 1.91. The molecule has 0 unspecified atom stereocenters. The third-order valence-corrected chi connectivity index (χ3v) is 4.62. The number of alkyl halides is 2. The summed E-state index contributed by atoms with van der Waals surface area (Å²) in [5, 5.41) is 5.69. The number of carbonyl (C=O) groups excluding carboxylic acids is 1. The van der Waals surface area contributed by atoms with Gasteiger partial charge in [0.2, 0.25) is 0 Å². The maximum absolute atomic E-state index is 12.3. The lowest BCUT2D eigenvalue weighted by molar-refractivity contribution is -0.0997. The van der Waals surface area contributed by atoms with E-state index in [-0.39, 0.29) is 18.2 Å². The number of carbonyl (C=O) groups is 1. The summed E-state index contributed by atoms with van der Waals surface area (Å²) in [5.41, 5.74) is 1.25. The molecule has 24 heavy (non-hydrogen) atoms. The number of hydrogen-bond donors (Lipinski definition) is 2. The minimum atomic E-state index is -2.53. The molecule has 2 aliphatic rings. The van der Waals surface area contributed by atoms with Crippen LogP contribution in [0, 0.1) is 12.8 Å². The molecule has 7 heteroatoms. The molecular formula is C17H22F2N2O3. The number of fused-ring (bicyclic) bond motifs is 1. The summed E-state index contributed by atoms with van der Waals surface area (Å²) in [5.74, 6) is 0.741. The molecule has 0 spiro atoms. The first-order valence-corrected chi connectivity index (χ1v) is 8.23. The van der Waals surface area contributed by atoms with Gasteiger partial charge in [0.25, 0.3) is 6.43 Å². The number of rotatable bonds is 5. The Morgan fingerprint density at radius 2 is 2.29 bits per heavy atom. The lowest BCUT2D eigenvalue weighted by Gasteiger charge is -2.47. The van der Waals surface area contributed by atoms with Gasteiger partial charge in [-0.15, -0.1) is 0 Å². The van der Waals surface area contributed by atoms with Crippen molar-refractivity contribution >= 4 is 11.7 Å². The fourth-order valence-corrected chi connectivity index (χ4v) is 3.28. The highest BCUT2D eigenvalue weighted by Gasteiger charge is 2.43. The normalized spacial score (nSPS) is 25.6. The van der Waals surface area contributed by atoms with Crippen LogP contribution in [0.15, 0.2) is 18.2 Å². The second-order valence-corrected chi connectivity index (χ2v) is 6.34. The van der Waals surface area contributed by atoms with Crippen molar-refractivity contribution in [2.75, 3.05) is 18.5 Å². The molecule has 0 bridgehead atoms. The van der Waals surface area contributed by atoms with Crippen LogP contribution < -0.4 is 15.4 Å². The van der Waals surface area contributed by atoms with Gasteiger partial charge in [-0.05, 0) is 37.8 Å². The molecule has 1 aromatic carbocycles. The molecule has 0 aromatic heterocycles. The molecule has 1 aliphatic heterocycles. The zero-order valence-electron chi connectivity index (χ0n) is 13.6. The van der Waals surface area contributed by atoms with E-state index in [0.29, 0.717) is 17.4 Å². The van der Waals surface area contributed by atoms with Crippen molar-refractivity contribution < 1.29 is 23.0 Å². The molecule has 1 aromatic rings. The van der Waals surface area contributed by atoms with Crippen LogP contribution in [-0.4, -0.2) is 37.8 Å². The number of urea groups is 1. The van der Waals surface area contributed by atoms with Gasteiger partial charge in [-0.1, -0.05) is 6.07 Å². The number of hydrogen-bond acceptors (Lipinski definition) is 3. The predicted molar refractivity (Wildman–Crippen MR) is 85.7 cm³/mol. The maximum atomic E-state index is 12.3. The highest BCUT2D eigenvalue weighted by molar-refractivity contribution is 5.89. The zero-order chi connectivity index (χ0) is 17.1. The summed E-state index contributed by atoms with van der Waals surface area (Å²) in [6, 6.07) is 4.84. The number of benzene rings is 1. The van der Waals surface area contributed by atoms with Crippen LogP contribution in [0.3, 0.4) is 0 Å². The molecule has 1 saturated heterocycles. The third kappa shape index (κ3) is 3.95. The SMILES string of the molecule is Cc1ccc(NC(=O)N[C@@H]2C[C@@H]3OCCC[C@@H]32)cc1OCC(F)F. The van der Waals surface area contributed by atoms with Gasteiger partial charge in [-0.25, -0.2) is 13.6 Å². The lowest BCUT2D eigenvalue weighted by atomic mass is 9.72. The number of aryl methyl sites for hydroxylation is 1. The van der Waals surface area contributed by atoms with Crippen LogP contribution in [0.2, 0.25) is 0 Å². The second-order valence-electron chi connectivity index (χ2n) is 6.34. The topological polar surface area (TPSA) is 59.6 Å². The Hall–Kier alpha value is -1.89. The summed E-state index contributed by atoms with van der Waals surface area (Å²) in [4.78, 5) is 12.1. The van der Waals surface area contributed by atoms with Crippen molar-refractivity contribution in [3.8, 4) is 5.75 Å². The number of nitrogens with one attached hydrogen (secondary N) is 2. The lowest BCUT2D eigenvalue weighted by Crippen LogP contribution is -2.58. The Balaban J connectivity index is 1.53. The third-order valence-electron chi connectivity index (χ3n) is 4.62. The molecule has 3 atom stereocenters. The minimum absolute atomic E-state index is 0.135. The van der Waals surface area contributed by atoms with E-state index in [9.17, 15) is 13.6 Å². The number of anilines is 1. The van der Waals surface area contributed by atoms with E-state index in [4.69, 9.17) is 9.47 Å². The Morgan fingerprint density at radius 3 is 3.04 bits per heavy atom. The summed E-state index contributed by atoms with van der Waals surface area (Å²) in [7, 11) is 0. The Morgan fingerprint density at radius 1 is 1.46 bits per heavy atom. The molecule has 1 aliphatic carbocycles. The average molecular weight is 340 g/mol. The fourth-order valence-electron chi connectivity index (χ4n) is 3.28. The van der Waals surface area contributed by atoms with Gasteiger partial charge >= 0.3 is 6.03 Å². The van der Waals surface area contributed by atoms with Gasteiger partial charge < -0.3 is 20.1 Å². The average Bonchev–Trinajstić information content (AvgIpc) is 2.53. The van der Waals surface area contributed by atoms with Gasteiger partial charge in [0.1, 0.15) is 12.4 Å². The highest BCUT2D eigenvalue weighted by Crippen LogP contribution is 2.37. The van der Waals surface area contributed by atoms with Crippen LogP contribution >= 0.6 is 0 Å². The van der Waals surface area contributed by atoms with Crippen LogP contribution in [-0.2, 0) is 4.74 Å². The molecule has 2 N–H and O–H groups in total. The first kappa shape index (κ1) is 17.0. The Labute approximate surface area is 139 Å². The predicted octanol–water partition coefficient (Wildman–Crippen LogP) is 3.33. The molecule has 5 nitrogen and oxygen atoms in total. The van der Waals surface area contributed by atoms with Crippen molar-refractivity contribution in [2.45, 2.75) is 44.8 Å². The van der Waals surface area contributed by atoms with Crippen LogP contribution in [0.4, 0.5) is 19.3 Å². The van der Waals surface area contributed by atoms with E-state index in [1.165, 1.54) is 0 Å². The number of ether oxygens (including phenoxy) is 2. The van der Waals surface area contributed by atoms with E-state index in [1.807, 2.05) is 0 Å². The monoisotopic (exact) mass is 340 g/mol. The number of amides is 2. The molecule has 132 valence electrons. The first-order chi connectivity index (χ1) is 11.5. The smallest absolute Gasteiger partial charge is 0.319 e. The van der Waals surface area contributed by atoms with Crippen molar-refractivity contribution in [2.24, 2.45) is 5.92 Å². The summed E-state index contributed by atoms with van der Waals surface area (Å²) < 4.78 is 35.2. The molecule has 3 rings (SSSR count). The van der Waals surface area contributed by atoms with Crippen molar-refractivity contribution in [1.29, 1.82) is 0 Å². The van der Waals surface area contributed by atoms with E-state index in [0.717, 1.165) is 31.4 Å². The quantitative estimate of drug-likeness (QED) is 0.864. The molecule has 0 radical (unpaired) electrons. The van der Waals surface area contributed by atoms with Gasteiger partial charge in [-0.3, -0.25) is 0 Å². The van der Waals surface area contributed by atoms with Gasteiger partial charge in [0.05, 0.1) is 6.10 Å². The Bertz CT molecular complexity index is 597. The molecular weight excluding hydrogens is 318 g/mol. The highest BCUT2D eigenvalue weighted by atomic mass is 19.3. The van der Waals surface area contributed by atoms with Gasteiger partial charge in [0.15, 0.2) is 0 Å². The van der Waals surface area contributed by atoms with E-state index in [2.05, 4.69) is 10.6 Å². The second kappa shape index (κ2) is 7.34. The summed E-state index contributed by atoms with van der Waals surface area (Å²) in [6.07, 6.45) is 0.691. The first-order valence-electron chi connectivity index (χ1n) is 8.23. The summed E-state index contributed by atoms with van der Waals surface area (Å²) >= 11 is 0. The maximum Gasteiger partial charge on any atom is 0.319 e. The van der Waals surface area contributed by atoms with Crippen LogP contribution in [0.25, 0.3) is 0 Å². The van der Waals surface area contributed by atoms with Crippen molar-refractivity contribution in [3.63, 3.8) is 0 Å². The van der Waals surface area contributed by atoms with Crippen molar-refractivity contribution in [1.82, 2.24) is 5.32 Å². The largest absolute Gasteiger partial charge is 0.487 e. The minimum Gasteiger partial charge on any atom is -0.487 e. The van der Waals surface area contributed by atoms with E-state index < -0.39 is 13.0 Å². The molecule has 1 heterocycles. The molecule has 1 saturated carbocycles. The number of halogens is 2. The standard InChI is InChI=1S/C17H22F2N2O3/c1-10-4-5-11(7-14(10)24-9-16(18)19)20-17(22)21-13-8-15-12(13)3-2-6-23-15/h4-5,7,12-13,15-16H,2-3,6,8-9H2,1H3,(H2,20,21,22)/t12-,13-,15+/m1/s1.